The first-order valence-corrected chi connectivity index (χ1v) is 8.92. The third-order valence-corrected chi connectivity index (χ3v) is 4.60. The molecule has 3 aromatic rings. The second kappa shape index (κ2) is 7.76. The van der Waals surface area contributed by atoms with Gasteiger partial charge in [-0.15, -0.1) is 0 Å². The summed E-state index contributed by atoms with van der Waals surface area (Å²) in [6.45, 7) is 3.84. The van der Waals surface area contributed by atoms with Gasteiger partial charge in [0.25, 0.3) is 11.7 Å². The summed E-state index contributed by atoms with van der Waals surface area (Å²) in [6.07, 6.45) is 0. The zero-order valence-corrected chi connectivity index (χ0v) is 16.2. The summed E-state index contributed by atoms with van der Waals surface area (Å²) in [4.78, 5) is 26.9. The van der Waals surface area contributed by atoms with Crippen molar-refractivity contribution in [1.82, 2.24) is 14.7 Å². The highest BCUT2D eigenvalue weighted by molar-refractivity contribution is 6.43. The SMILES string of the molecule is Cc1nn(-c2ccccc2)c(C)c1C(=O)C(=O)N(C)Cc1cccc(Cl)c1. The number of amides is 1. The van der Waals surface area contributed by atoms with E-state index in [9.17, 15) is 9.59 Å². The van der Waals surface area contributed by atoms with Crippen LogP contribution in [-0.2, 0) is 11.3 Å². The topological polar surface area (TPSA) is 55.2 Å². The Labute approximate surface area is 163 Å². The maximum Gasteiger partial charge on any atom is 0.295 e. The maximum atomic E-state index is 12.9. The number of carbonyl (C=O) groups excluding carboxylic acids is 2. The standard InChI is InChI=1S/C21H20ClN3O2/c1-14-19(15(2)25(23-14)18-10-5-4-6-11-18)20(26)21(27)24(3)13-16-8-7-9-17(22)12-16/h4-12H,13H2,1-3H3. The quantitative estimate of drug-likeness (QED) is 0.496. The zero-order valence-electron chi connectivity index (χ0n) is 15.4. The molecule has 1 amide bonds. The van der Waals surface area contributed by atoms with E-state index in [1.807, 2.05) is 42.5 Å². The molecule has 1 aromatic heterocycles. The summed E-state index contributed by atoms with van der Waals surface area (Å²) in [5.74, 6) is -1.13. The van der Waals surface area contributed by atoms with Crippen molar-refractivity contribution < 1.29 is 9.59 Å². The number of halogens is 1. The number of aromatic nitrogens is 2. The van der Waals surface area contributed by atoms with Gasteiger partial charge in [0.2, 0.25) is 0 Å². The number of hydrogen-bond donors (Lipinski definition) is 0. The molecule has 0 atom stereocenters. The van der Waals surface area contributed by atoms with Gasteiger partial charge in [0.05, 0.1) is 22.6 Å². The summed E-state index contributed by atoms with van der Waals surface area (Å²) < 4.78 is 1.69. The highest BCUT2D eigenvalue weighted by Crippen LogP contribution is 2.20. The summed E-state index contributed by atoms with van der Waals surface area (Å²) >= 11 is 5.99. The van der Waals surface area contributed by atoms with E-state index in [2.05, 4.69) is 5.10 Å². The second-order valence-corrected chi connectivity index (χ2v) is 6.85. The van der Waals surface area contributed by atoms with Crippen molar-refractivity contribution in [2.45, 2.75) is 20.4 Å². The molecule has 1 heterocycles. The number of nitrogens with zero attached hydrogens (tertiary/aromatic N) is 3. The van der Waals surface area contributed by atoms with Crippen LogP contribution in [-0.4, -0.2) is 33.4 Å². The van der Waals surface area contributed by atoms with E-state index < -0.39 is 11.7 Å². The molecule has 0 bridgehead atoms. The van der Waals surface area contributed by atoms with E-state index in [-0.39, 0.29) is 0 Å². The van der Waals surface area contributed by atoms with Gasteiger partial charge >= 0.3 is 0 Å². The van der Waals surface area contributed by atoms with Gasteiger partial charge < -0.3 is 4.90 Å². The van der Waals surface area contributed by atoms with Crippen LogP contribution in [0.3, 0.4) is 0 Å². The Morgan fingerprint density at radius 2 is 1.78 bits per heavy atom. The predicted octanol–water partition coefficient (Wildman–Crippen LogP) is 3.98. The number of ketones is 1. The molecule has 0 fully saturated rings. The number of para-hydroxylation sites is 1. The van der Waals surface area contributed by atoms with Gasteiger partial charge in [0, 0.05) is 18.6 Å². The minimum Gasteiger partial charge on any atom is -0.335 e. The molecule has 27 heavy (non-hydrogen) atoms. The fraction of sp³-hybridized carbons (Fsp3) is 0.190. The smallest absolute Gasteiger partial charge is 0.295 e. The Bertz CT molecular complexity index is 996. The number of aryl methyl sites for hydroxylation is 1. The van der Waals surface area contributed by atoms with Crippen molar-refractivity contribution in [3.8, 4) is 5.69 Å². The van der Waals surface area contributed by atoms with Crippen molar-refractivity contribution in [3.63, 3.8) is 0 Å². The highest BCUT2D eigenvalue weighted by Gasteiger charge is 2.27. The first-order valence-electron chi connectivity index (χ1n) is 8.54. The van der Waals surface area contributed by atoms with Gasteiger partial charge in [-0.1, -0.05) is 41.9 Å². The molecule has 6 heteroatoms. The lowest BCUT2D eigenvalue weighted by Gasteiger charge is -2.16. The van der Waals surface area contributed by atoms with Crippen LogP contribution in [0.5, 0.6) is 0 Å². The van der Waals surface area contributed by atoms with Crippen molar-refractivity contribution in [1.29, 1.82) is 0 Å². The monoisotopic (exact) mass is 381 g/mol. The van der Waals surface area contributed by atoms with Gasteiger partial charge in [-0.25, -0.2) is 4.68 Å². The molecular weight excluding hydrogens is 362 g/mol. The predicted molar refractivity (Wildman–Crippen MR) is 105 cm³/mol. The van der Waals surface area contributed by atoms with Crippen molar-refractivity contribution >= 4 is 23.3 Å². The van der Waals surface area contributed by atoms with E-state index in [1.165, 1.54) is 4.90 Å². The lowest BCUT2D eigenvalue weighted by molar-refractivity contribution is -0.125. The third kappa shape index (κ3) is 3.93. The summed E-state index contributed by atoms with van der Waals surface area (Å²) in [5, 5.41) is 5.04. The third-order valence-electron chi connectivity index (χ3n) is 4.37. The number of likely N-dealkylation sites (N-methyl/N-ethyl adjacent to an activating group) is 1. The maximum absolute atomic E-state index is 12.9. The largest absolute Gasteiger partial charge is 0.335 e. The number of Topliss-reactive ketones (excluding diaryl/α,β-unsaturated/α-hetero) is 1. The lowest BCUT2D eigenvalue weighted by atomic mass is 10.1. The molecule has 138 valence electrons. The van der Waals surface area contributed by atoms with E-state index in [4.69, 9.17) is 11.6 Å². The van der Waals surface area contributed by atoms with Crippen molar-refractivity contribution in [2.75, 3.05) is 7.05 Å². The van der Waals surface area contributed by atoms with Crippen LogP contribution in [0.2, 0.25) is 5.02 Å². The molecule has 2 aromatic carbocycles. The Morgan fingerprint density at radius 3 is 2.44 bits per heavy atom. The van der Waals surface area contributed by atoms with E-state index >= 15 is 0 Å². The molecule has 5 nitrogen and oxygen atoms in total. The first-order chi connectivity index (χ1) is 12.9. The van der Waals surface area contributed by atoms with Gasteiger partial charge in [0.15, 0.2) is 0 Å². The fourth-order valence-corrected chi connectivity index (χ4v) is 3.27. The zero-order chi connectivity index (χ0) is 19.6. The van der Waals surface area contributed by atoms with Crippen molar-refractivity contribution in [2.24, 2.45) is 0 Å². The van der Waals surface area contributed by atoms with Crippen LogP contribution in [0.25, 0.3) is 5.69 Å². The Morgan fingerprint density at radius 1 is 1.07 bits per heavy atom. The van der Waals surface area contributed by atoms with Crippen LogP contribution in [0.15, 0.2) is 54.6 Å². The number of rotatable bonds is 5. The lowest BCUT2D eigenvalue weighted by Crippen LogP contribution is -2.33. The van der Waals surface area contributed by atoms with E-state index in [0.29, 0.717) is 28.5 Å². The van der Waals surface area contributed by atoms with Crippen LogP contribution in [0.4, 0.5) is 0 Å². The molecule has 0 radical (unpaired) electrons. The van der Waals surface area contributed by atoms with E-state index in [1.54, 1.807) is 37.7 Å². The van der Waals surface area contributed by atoms with Crippen LogP contribution in [0.1, 0.15) is 27.3 Å². The molecule has 0 N–H and O–H groups in total. The van der Waals surface area contributed by atoms with Gasteiger partial charge in [0.1, 0.15) is 0 Å². The number of carbonyl (C=O) groups is 2. The summed E-state index contributed by atoms with van der Waals surface area (Å²) in [6, 6.07) is 16.7. The summed E-state index contributed by atoms with van der Waals surface area (Å²) in [5.41, 5.74) is 3.23. The molecule has 0 saturated carbocycles. The van der Waals surface area contributed by atoms with Crippen molar-refractivity contribution in [3.05, 3.63) is 82.1 Å². The minimum atomic E-state index is -0.575. The number of hydrogen-bond acceptors (Lipinski definition) is 3. The molecule has 0 aliphatic carbocycles. The van der Waals surface area contributed by atoms with Crippen LogP contribution < -0.4 is 0 Å². The average Bonchev–Trinajstić information content (AvgIpc) is 2.95. The second-order valence-electron chi connectivity index (χ2n) is 6.41. The van der Waals surface area contributed by atoms with Crippen LogP contribution in [0, 0.1) is 13.8 Å². The Kier molecular flexibility index (Phi) is 5.42. The summed E-state index contributed by atoms with van der Waals surface area (Å²) in [7, 11) is 1.60. The molecule has 0 aliphatic rings. The van der Waals surface area contributed by atoms with Gasteiger partial charge in [-0.3, -0.25) is 9.59 Å². The molecular formula is C21H20ClN3O2. The van der Waals surface area contributed by atoms with E-state index in [0.717, 1.165) is 11.3 Å². The molecule has 3 rings (SSSR count). The number of benzene rings is 2. The fourth-order valence-electron chi connectivity index (χ4n) is 3.05. The Hall–Kier alpha value is -2.92. The molecule has 0 spiro atoms. The molecule has 0 aliphatic heterocycles. The van der Waals surface area contributed by atoms with Gasteiger partial charge in [-0.05, 0) is 43.7 Å². The van der Waals surface area contributed by atoms with Crippen LogP contribution >= 0.6 is 11.6 Å². The first kappa shape index (κ1) is 18.9. The molecule has 0 saturated heterocycles. The minimum absolute atomic E-state index is 0.302. The molecule has 0 unspecified atom stereocenters. The van der Waals surface area contributed by atoms with Gasteiger partial charge in [-0.2, -0.15) is 5.10 Å². The average molecular weight is 382 g/mol. The Balaban J connectivity index is 1.85. The normalized spacial score (nSPS) is 10.7. The highest BCUT2D eigenvalue weighted by atomic mass is 35.5.